The minimum Gasteiger partial charge on any atom is -0.320 e. The van der Waals surface area contributed by atoms with E-state index >= 15 is 0 Å². The Morgan fingerprint density at radius 1 is 1.22 bits per heavy atom. The smallest absolute Gasteiger partial charge is 0.286 e. The van der Waals surface area contributed by atoms with Crippen molar-refractivity contribution in [3.05, 3.63) is 68.9 Å². The number of sulfonamides is 1. The molecule has 0 saturated carbocycles. The highest BCUT2D eigenvalue weighted by molar-refractivity contribution is 7.89. The van der Waals surface area contributed by atoms with Crippen LogP contribution in [0.5, 0.6) is 0 Å². The first-order chi connectivity index (χ1) is 15.2. The molecule has 0 aliphatic carbocycles. The van der Waals surface area contributed by atoms with Gasteiger partial charge >= 0.3 is 0 Å². The molecule has 3 aromatic rings. The predicted octanol–water partition coefficient (Wildman–Crippen LogP) is 4.46. The molecule has 1 N–H and O–H groups in total. The van der Waals surface area contributed by atoms with E-state index in [0.29, 0.717) is 34.2 Å². The van der Waals surface area contributed by atoms with E-state index in [9.17, 15) is 17.6 Å². The summed E-state index contributed by atoms with van der Waals surface area (Å²) in [5, 5.41) is 12.2. The summed E-state index contributed by atoms with van der Waals surface area (Å²) < 4.78 is 41.3. The third-order valence-electron chi connectivity index (χ3n) is 5.24. The van der Waals surface area contributed by atoms with Gasteiger partial charge in [-0.25, -0.2) is 12.8 Å². The van der Waals surface area contributed by atoms with Crippen molar-refractivity contribution in [2.45, 2.75) is 30.6 Å². The molecule has 1 unspecified atom stereocenters. The lowest BCUT2D eigenvalue weighted by Crippen LogP contribution is -2.39. The van der Waals surface area contributed by atoms with Gasteiger partial charge in [-0.2, -0.15) is 4.31 Å². The number of nitrogens with one attached hydrogen (secondary N) is 1. The first-order valence-corrected chi connectivity index (χ1v) is 12.5. The maximum absolute atomic E-state index is 13.7. The Balaban J connectivity index is 1.49. The van der Waals surface area contributed by atoms with Crippen molar-refractivity contribution in [1.82, 2.24) is 14.5 Å². The molecule has 7 nitrogen and oxygen atoms in total. The van der Waals surface area contributed by atoms with Gasteiger partial charge in [-0.15, -0.1) is 10.2 Å². The van der Waals surface area contributed by atoms with E-state index in [4.69, 9.17) is 11.6 Å². The summed E-state index contributed by atoms with van der Waals surface area (Å²) in [6, 6.07) is 10.4. The van der Waals surface area contributed by atoms with Crippen molar-refractivity contribution in [1.29, 1.82) is 0 Å². The minimum atomic E-state index is -3.85. The molecule has 0 radical (unpaired) electrons. The fraction of sp³-hybridized carbons (Fsp3) is 0.286. The molecule has 1 saturated heterocycles. The molecular weight excluding hydrogens is 475 g/mol. The number of piperidine rings is 1. The fourth-order valence-electron chi connectivity index (χ4n) is 3.56. The molecule has 1 atom stereocenters. The minimum absolute atomic E-state index is 0.0292. The third kappa shape index (κ3) is 4.83. The van der Waals surface area contributed by atoms with Crippen molar-refractivity contribution in [3.63, 3.8) is 0 Å². The molecule has 1 aliphatic heterocycles. The van der Waals surface area contributed by atoms with Gasteiger partial charge in [0.25, 0.3) is 5.91 Å². The predicted molar refractivity (Wildman–Crippen MR) is 121 cm³/mol. The molecule has 1 fully saturated rings. The number of anilines is 1. The van der Waals surface area contributed by atoms with Crippen LogP contribution < -0.4 is 5.32 Å². The Morgan fingerprint density at radius 3 is 2.72 bits per heavy atom. The zero-order valence-electron chi connectivity index (χ0n) is 17.1. The number of nitrogens with zero attached hydrogens (tertiary/aromatic N) is 3. The molecule has 0 spiro atoms. The molecule has 4 rings (SSSR count). The van der Waals surface area contributed by atoms with E-state index < -0.39 is 21.7 Å². The van der Waals surface area contributed by atoms with Crippen LogP contribution in [0.15, 0.2) is 47.4 Å². The zero-order valence-corrected chi connectivity index (χ0v) is 19.5. The van der Waals surface area contributed by atoms with Crippen LogP contribution in [0.4, 0.5) is 10.1 Å². The first-order valence-electron chi connectivity index (χ1n) is 9.90. The Hall–Kier alpha value is -2.40. The number of hydrogen-bond acceptors (Lipinski definition) is 6. The topological polar surface area (TPSA) is 92.3 Å². The number of rotatable bonds is 5. The van der Waals surface area contributed by atoms with E-state index in [0.717, 1.165) is 23.8 Å². The fourth-order valence-corrected chi connectivity index (χ4v) is 6.31. The number of halogens is 2. The second-order valence-electron chi connectivity index (χ2n) is 7.52. The number of carbonyl (C=O) groups is 1. The summed E-state index contributed by atoms with van der Waals surface area (Å²) in [5.41, 5.74) is 1.07. The van der Waals surface area contributed by atoms with Crippen LogP contribution in [0.3, 0.4) is 0 Å². The highest BCUT2D eigenvalue weighted by Crippen LogP contribution is 2.33. The third-order valence-corrected chi connectivity index (χ3v) is 8.58. The number of aromatic nitrogens is 2. The van der Waals surface area contributed by atoms with Gasteiger partial charge in [-0.05, 0) is 61.7 Å². The number of carbonyl (C=O) groups excluding carboxylic acids is 1. The molecule has 2 heterocycles. The molecule has 1 amide bonds. The lowest BCUT2D eigenvalue weighted by atomic mass is 10.0. The number of hydrogen-bond donors (Lipinski definition) is 1. The standard InChI is InChI=1S/C21H20ClFN4O3S2/c1-13-4-7-16(23)11-18(13)32(29,30)27-10-2-3-14(12-27)20-25-26-21(31-20)19(28)24-17-8-5-15(22)6-9-17/h4-9,11,14H,2-3,10,12H2,1H3,(H,24,28). The van der Waals surface area contributed by atoms with E-state index in [1.165, 1.54) is 16.4 Å². The molecule has 2 aromatic carbocycles. The molecular formula is C21H20ClFN4O3S2. The van der Waals surface area contributed by atoms with Crippen molar-refractivity contribution in [3.8, 4) is 0 Å². The molecule has 32 heavy (non-hydrogen) atoms. The Bertz CT molecular complexity index is 1250. The maximum atomic E-state index is 13.7. The molecule has 1 aliphatic rings. The first kappa shape index (κ1) is 22.8. The van der Waals surface area contributed by atoms with Gasteiger partial charge in [-0.1, -0.05) is 29.0 Å². The van der Waals surface area contributed by atoms with Gasteiger partial charge in [0.1, 0.15) is 10.8 Å². The van der Waals surface area contributed by atoms with Gasteiger partial charge in [0.2, 0.25) is 15.0 Å². The lowest BCUT2D eigenvalue weighted by Gasteiger charge is -2.31. The van der Waals surface area contributed by atoms with Gasteiger partial charge in [0.15, 0.2) is 0 Å². The van der Waals surface area contributed by atoms with Gasteiger partial charge in [-0.3, -0.25) is 4.79 Å². The average Bonchev–Trinajstić information content (AvgIpc) is 3.28. The van der Waals surface area contributed by atoms with E-state index in [1.807, 2.05) is 0 Å². The van der Waals surface area contributed by atoms with Crippen LogP contribution in [-0.4, -0.2) is 41.9 Å². The van der Waals surface area contributed by atoms with Crippen molar-refractivity contribution < 1.29 is 17.6 Å². The quantitative estimate of drug-likeness (QED) is 0.565. The molecule has 11 heteroatoms. The van der Waals surface area contributed by atoms with Crippen molar-refractivity contribution in [2.75, 3.05) is 18.4 Å². The van der Waals surface area contributed by atoms with Crippen LogP contribution >= 0.6 is 22.9 Å². The number of benzene rings is 2. The summed E-state index contributed by atoms with van der Waals surface area (Å²) in [6.07, 6.45) is 1.35. The van der Waals surface area contributed by atoms with Crippen molar-refractivity contribution in [2.24, 2.45) is 0 Å². The summed E-state index contributed by atoms with van der Waals surface area (Å²) in [7, 11) is -3.85. The van der Waals surface area contributed by atoms with Gasteiger partial charge in [0, 0.05) is 29.7 Å². The average molecular weight is 495 g/mol. The normalized spacial score (nSPS) is 17.3. The molecule has 168 valence electrons. The highest BCUT2D eigenvalue weighted by Gasteiger charge is 2.33. The van der Waals surface area contributed by atoms with Crippen LogP contribution in [0.2, 0.25) is 5.02 Å². The zero-order chi connectivity index (χ0) is 22.9. The summed E-state index contributed by atoms with van der Waals surface area (Å²) in [4.78, 5) is 12.5. The van der Waals surface area contributed by atoms with E-state index in [2.05, 4.69) is 15.5 Å². The summed E-state index contributed by atoms with van der Waals surface area (Å²) in [6.45, 7) is 2.19. The van der Waals surface area contributed by atoms with Crippen molar-refractivity contribution >= 4 is 44.6 Å². The van der Waals surface area contributed by atoms with E-state index in [1.54, 1.807) is 31.2 Å². The Labute approximate surface area is 194 Å². The molecule has 0 bridgehead atoms. The van der Waals surface area contributed by atoms with Crippen LogP contribution in [0, 0.1) is 12.7 Å². The maximum Gasteiger partial charge on any atom is 0.286 e. The summed E-state index contributed by atoms with van der Waals surface area (Å²) >= 11 is 7.00. The number of aryl methyl sites for hydroxylation is 1. The summed E-state index contributed by atoms with van der Waals surface area (Å²) in [5.74, 6) is -1.18. The van der Waals surface area contributed by atoms with Crippen LogP contribution in [0.1, 0.15) is 39.1 Å². The monoisotopic (exact) mass is 494 g/mol. The van der Waals surface area contributed by atoms with E-state index in [-0.39, 0.29) is 22.4 Å². The Morgan fingerprint density at radius 2 is 1.97 bits per heavy atom. The lowest BCUT2D eigenvalue weighted by molar-refractivity contribution is 0.102. The van der Waals surface area contributed by atoms with Crippen LogP contribution in [0.25, 0.3) is 0 Å². The highest BCUT2D eigenvalue weighted by atomic mass is 35.5. The Kier molecular flexibility index (Phi) is 6.57. The largest absolute Gasteiger partial charge is 0.320 e. The second-order valence-corrected chi connectivity index (χ2v) is 10.9. The number of amides is 1. The SMILES string of the molecule is Cc1ccc(F)cc1S(=O)(=O)N1CCCC(c2nnc(C(=O)Nc3ccc(Cl)cc3)s2)C1. The second kappa shape index (κ2) is 9.22. The van der Waals surface area contributed by atoms with Gasteiger partial charge < -0.3 is 5.32 Å². The molecule has 1 aromatic heterocycles. The van der Waals surface area contributed by atoms with Crippen LogP contribution in [-0.2, 0) is 10.0 Å². The van der Waals surface area contributed by atoms with Gasteiger partial charge in [0.05, 0.1) is 4.90 Å².